The molecule has 0 unspecified atom stereocenters. The number of hydrogen-bond donors (Lipinski definition) is 2. The number of anilines is 2. The molecule has 0 fully saturated rings. The summed E-state index contributed by atoms with van der Waals surface area (Å²) in [6, 6.07) is 19.6. The van der Waals surface area contributed by atoms with Crippen LogP contribution in [0.25, 0.3) is 22.2 Å². The van der Waals surface area contributed by atoms with Crippen molar-refractivity contribution < 1.29 is 4.74 Å². The standard InChI is InChI=1S/C28H25N7O/c1-18(2)35-16-23(26-27(30)33-17-34-28(26)35)20-8-10-21(11-9-20)36-25-7-3-6-24(22(25)13-29)32-15-19-5-4-12-31-14-19/h3-12,14,16-18,32H,15H2,1-2H3,(H2,30,33,34). The Kier molecular flexibility index (Phi) is 6.20. The summed E-state index contributed by atoms with van der Waals surface area (Å²) in [7, 11) is 0. The molecule has 2 aromatic carbocycles. The molecule has 178 valence electrons. The topological polar surface area (TPSA) is 115 Å². The Bertz CT molecular complexity index is 1550. The third kappa shape index (κ3) is 4.42. The molecule has 8 nitrogen and oxygen atoms in total. The van der Waals surface area contributed by atoms with Crippen LogP contribution in [0.5, 0.6) is 11.5 Å². The highest BCUT2D eigenvalue weighted by molar-refractivity contribution is 6.00. The Hall–Kier alpha value is -4.90. The fourth-order valence-electron chi connectivity index (χ4n) is 4.13. The molecule has 0 bridgehead atoms. The predicted octanol–water partition coefficient (Wildman–Crippen LogP) is 5.93. The lowest BCUT2D eigenvalue weighted by Crippen LogP contribution is -2.02. The highest BCUT2D eigenvalue weighted by Gasteiger charge is 2.17. The van der Waals surface area contributed by atoms with Gasteiger partial charge in [-0.25, -0.2) is 9.97 Å². The molecule has 0 atom stereocenters. The van der Waals surface area contributed by atoms with Gasteiger partial charge in [0.15, 0.2) is 0 Å². The van der Waals surface area contributed by atoms with Gasteiger partial charge in [0, 0.05) is 36.7 Å². The van der Waals surface area contributed by atoms with E-state index in [1.165, 1.54) is 6.33 Å². The number of ether oxygens (including phenoxy) is 1. The van der Waals surface area contributed by atoms with Crippen molar-refractivity contribution in [3.05, 3.63) is 90.6 Å². The molecule has 0 amide bonds. The third-order valence-electron chi connectivity index (χ3n) is 5.93. The molecule has 0 aliphatic rings. The fraction of sp³-hybridized carbons (Fsp3) is 0.143. The largest absolute Gasteiger partial charge is 0.456 e. The molecular formula is C28H25N7O. The molecule has 5 rings (SSSR count). The van der Waals surface area contributed by atoms with E-state index >= 15 is 0 Å². The summed E-state index contributed by atoms with van der Waals surface area (Å²) in [5, 5.41) is 14.0. The summed E-state index contributed by atoms with van der Waals surface area (Å²) in [6.07, 6.45) is 7.07. The number of nitriles is 1. The van der Waals surface area contributed by atoms with E-state index < -0.39 is 0 Å². The van der Waals surface area contributed by atoms with Crippen molar-refractivity contribution in [2.24, 2.45) is 0 Å². The zero-order valence-corrected chi connectivity index (χ0v) is 20.0. The van der Waals surface area contributed by atoms with Gasteiger partial charge in [0.1, 0.15) is 40.9 Å². The number of benzene rings is 2. The third-order valence-corrected chi connectivity index (χ3v) is 5.93. The molecular weight excluding hydrogens is 450 g/mol. The monoisotopic (exact) mass is 475 g/mol. The van der Waals surface area contributed by atoms with E-state index in [4.69, 9.17) is 10.5 Å². The van der Waals surface area contributed by atoms with Crippen molar-refractivity contribution >= 4 is 22.5 Å². The number of nitrogens with two attached hydrogens (primary N) is 1. The first-order valence-corrected chi connectivity index (χ1v) is 11.6. The molecule has 3 N–H and O–H groups in total. The molecule has 0 radical (unpaired) electrons. The smallest absolute Gasteiger partial charge is 0.147 e. The Morgan fingerprint density at radius 1 is 1.08 bits per heavy atom. The van der Waals surface area contributed by atoms with Crippen LogP contribution in [-0.2, 0) is 6.54 Å². The highest BCUT2D eigenvalue weighted by Crippen LogP contribution is 2.36. The highest BCUT2D eigenvalue weighted by atomic mass is 16.5. The van der Waals surface area contributed by atoms with Gasteiger partial charge < -0.3 is 20.4 Å². The van der Waals surface area contributed by atoms with Gasteiger partial charge in [0.2, 0.25) is 0 Å². The normalized spacial score (nSPS) is 10.9. The van der Waals surface area contributed by atoms with E-state index in [0.717, 1.165) is 27.7 Å². The van der Waals surface area contributed by atoms with E-state index in [9.17, 15) is 5.26 Å². The number of aromatic nitrogens is 4. The van der Waals surface area contributed by atoms with Crippen LogP contribution in [0.1, 0.15) is 31.0 Å². The minimum absolute atomic E-state index is 0.224. The molecule has 0 spiro atoms. The lowest BCUT2D eigenvalue weighted by Gasteiger charge is -2.13. The first-order chi connectivity index (χ1) is 17.5. The molecule has 0 saturated heterocycles. The molecule has 36 heavy (non-hydrogen) atoms. The maximum absolute atomic E-state index is 9.83. The van der Waals surface area contributed by atoms with Crippen LogP contribution in [0.15, 0.2) is 79.5 Å². The zero-order chi connectivity index (χ0) is 25.1. The SMILES string of the molecule is CC(C)n1cc(-c2ccc(Oc3cccc(NCc4cccnc4)c3C#N)cc2)c2c(N)ncnc21. The first-order valence-electron chi connectivity index (χ1n) is 11.6. The van der Waals surface area contributed by atoms with Crippen molar-refractivity contribution in [3.63, 3.8) is 0 Å². The number of hydrogen-bond acceptors (Lipinski definition) is 7. The second kappa shape index (κ2) is 9.76. The van der Waals surface area contributed by atoms with Crippen LogP contribution in [0.3, 0.4) is 0 Å². The van der Waals surface area contributed by atoms with Gasteiger partial charge in [-0.15, -0.1) is 0 Å². The van der Waals surface area contributed by atoms with Gasteiger partial charge in [-0.2, -0.15) is 5.26 Å². The average molecular weight is 476 g/mol. The predicted molar refractivity (Wildman–Crippen MR) is 141 cm³/mol. The number of fused-ring (bicyclic) bond motifs is 1. The van der Waals surface area contributed by atoms with Crippen molar-refractivity contribution in [2.75, 3.05) is 11.1 Å². The number of nitrogen functional groups attached to an aromatic ring is 1. The first kappa shape index (κ1) is 22.9. The van der Waals surface area contributed by atoms with Crippen LogP contribution < -0.4 is 15.8 Å². The van der Waals surface area contributed by atoms with Gasteiger partial charge in [-0.05, 0) is 55.3 Å². The zero-order valence-electron chi connectivity index (χ0n) is 20.0. The summed E-state index contributed by atoms with van der Waals surface area (Å²) in [4.78, 5) is 12.8. The molecule has 0 aliphatic carbocycles. The Morgan fingerprint density at radius 3 is 2.64 bits per heavy atom. The van der Waals surface area contributed by atoms with Crippen molar-refractivity contribution in [1.29, 1.82) is 5.26 Å². The van der Waals surface area contributed by atoms with E-state index in [1.54, 1.807) is 18.5 Å². The molecule has 3 heterocycles. The van der Waals surface area contributed by atoms with E-state index in [0.29, 0.717) is 35.1 Å². The van der Waals surface area contributed by atoms with Crippen LogP contribution >= 0.6 is 0 Å². The van der Waals surface area contributed by atoms with Crippen LogP contribution in [0.4, 0.5) is 11.5 Å². The van der Waals surface area contributed by atoms with Crippen molar-refractivity contribution in [1.82, 2.24) is 19.5 Å². The Morgan fingerprint density at radius 2 is 1.92 bits per heavy atom. The molecule has 0 aliphatic heterocycles. The van der Waals surface area contributed by atoms with Gasteiger partial charge >= 0.3 is 0 Å². The summed E-state index contributed by atoms with van der Waals surface area (Å²) < 4.78 is 8.20. The molecule has 0 saturated carbocycles. The molecule has 8 heteroatoms. The van der Waals surface area contributed by atoms with Gasteiger partial charge in [-0.3, -0.25) is 4.98 Å². The van der Waals surface area contributed by atoms with Gasteiger partial charge in [0.25, 0.3) is 0 Å². The van der Waals surface area contributed by atoms with E-state index in [1.807, 2.05) is 48.5 Å². The summed E-state index contributed by atoms with van der Waals surface area (Å²) >= 11 is 0. The minimum Gasteiger partial charge on any atom is -0.456 e. The van der Waals surface area contributed by atoms with Crippen molar-refractivity contribution in [3.8, 4) is 28.7 Å². The number of nitrogens with zero attached hydrogens (tertiary/aromatic N) is 5. The average Bonchev–Trinajstić information content (AvgIpc) is 3.30. The maximum Gasteiger partial charge on any atom is 0.147 e. The second-order valence-electron chi connectivity index (χ2n) is 8.63. The quantitative estimate of drug-likeness (QED) is 0.300. The van der Waals surface area contributed by atoms with Crippen LogP contribution in [0.2, 0.25) is 0 Å². The number of pyridine rings is 1. The van der Waals surface area contributed by atoms with Gasteiger partial charge in [0.05, 0.1) is 11.1 Å². The van der Waals surface area contributed by atoms with Crippen molar-refractivity contribution in [2.45, 2.75) is 26.4 Å². The van der Waals surface area contributed by atoms with E-state index in [-0.39, 0.29) is 6.04 Å². The number of nitrogens with one attached hydrogen (secondary N) is 1. The second-order valence-corrected chi connectivity index (χ2v) is 8.63. The lowest BCUT2D eigenvalue weighted by molar-refractivity contribution is 0.481. The summed E-state index contributed by atoms with van der Waals surface area (Å²) in [6.45, 7) is 4.76. The minimum atomic E-state index is 0.224. The van der Waals surface area contributed by atoms with Crippen LogP contribution in [0, 0.1) is 11.3 Å². The lowest BCUT2D eigenvalue weighted by atomic mass is 10.1. The number of rotatable bonds is 7. The maximum atomic E-state index is 9.83. The Labute approximate surface area is 209 Å². The Balaban J connectivity index is 1.41. The van der Waals surface area contributed by atoms with E-state index in [2.05, 4.69) is 50.9 Å². The summed E-state index contributed by atoms with van der Waals surface area (Å²) in [5.74, 6) is 1.55. The van der Waals surface area contributed by atoms with Crippen LogP contribution in [-0.4, -0.2) is 19.5 Å². The summed E-state index contributed by atoms with van der Waals surface area (Å²) in [5.41, 5.74) is 11.1. The molecule has 5 aromatic rings. The van der Waals surface area contributed by atoms with Gasteiger partial charge in [-0.1, -0.05) is 24.3 Å². The fourth-order valence-corrected chi connectivity index (χ4v) is 4.13. The molecule has 3 aromatic heterocycles.